The summed E-state index contributed by atoms with van der Waals surface area (Å²) < 4.78 is 44.1. The van der Waals surface area contributed by atoms with Crippen LogP contribution in [0.1, 0.15) is 1.43 Å². The average Bonchev–Trinajstić information content (AvgIpc) is 3.22. The van der Waals surface area contributed by atoms with E-state index in [1.165, 1.54) is 29.7 Å². The van der Waals surface area contributed by atoms with E-state index in [4.69, 9.17) is 14.8 Å². The summed E-state index contributed by atoms with van der Waals surface area (Å²) in [5, 5.41) is 22.3. The molecule has 0 unspecified atom stereocenters. The number of ether oxygens (including phenoxy) is 1. The van der Waals surface area contributed by atoms with E-state index in [1.807, 2.05) is 85.2 Å². The van der Waals surface area contributed by atoms with Gasteiger partial charge in [0.15, 0.2) is 0 Å². The smallest absolute Gasteiger partial charge is 1.00 e. The fourth-order valence-electron chi connectivity index (χ4n) is 5.17. The first-order chi connectivity index (χ1) is 26.7. The second-order valence-corrected chi connectivity index (χ2v) is 12.8. The normalized spacial score (nSPS) is 9.79. The standard InChI is InChI=1S/C21H13BrFNO.C15H11NO.C6H3BrF2.CH2O3.2K.H/c22-20-18(23)6-3-7-19(20)25-16-10-8-15(9-11-16)21-17-5-2-1-4-14(17)12-13-24-21;17-13-7-5-12(6-8-13)15-14-4-2-1-3-11(14)9-10-16-15;7-6-4(8)2-1-3-5(6)9;2-1-4-3;;;/h1-13H;1-10,17H;1-3H;1,3H;;;/q;;;;2*+1;-1/p-1. The van der Waals surface area contributed by atoms with Gasteiger partial charge in [0.05, 0.1) is 20.3 Å². The third kappa shape index (κ3) is 13.9. The molecule has 0 saturated heterocycles. The maximum absolute atomic E-state index is 13.6. The Labute approximate surface area is 429 Å². The Kier molecular flexibility index (Phi) is 21.3. The summed E-state index contributed by atoms with van der Waals surface area (Å²) in [6.45, 7) is -0.181. The number of rotatable bonds is 5. The summed E-state index contributed by atoms with van der Waals surface area (Å²) in [6, 6.07) is 43.4. The van der Waals surface area contributed by atoms with Crippen molar-refractivity contribution in [2.24, 2.45) is 0 Å². The number of fused-ring (bicyclic) bond motifs is 2. The van der Waals surface area contributed by atoms with E-state index in [1.54, 1.807) is 24.3 Å². The number of nitrogens with zero attached hydrogens (tertiary/aromatic N) is 2. The number of aromatic nitrogens is 2. The third-order valence-corrected chi connectivity index (χ3v) is 9.23. The van der Waals surface area contributed by atoms with Gasteiger partial charge >= 0.3 is 103 Å². The van der Waals surface area contributed by atoms with Gasteiger partial charge in [-0.15, -0.1) is 0 Å². The van der Waals surface area contributed by atoms with Gasteiger partial charge in [-0.05, 0) is 128 Å². The molecule has 57 heavy (non-hydrogen) atoms. The zero-order valence-electron chi connectivity index (χ0n) is 31.5. The zero-order chi connectivity index (χ0) is 39.2. The Morgan fingerprint density at radius 1 is 0.579 bits per heavy atom. The summed E-state index contributed by atoms with van der Waals surface area (Å²) in [7, 11) is 0. The summed E-state index contributed by atoms with van der Waals surface area (Å²) in [5.41, 5.74) is 3.89. The number of carbonyl (C=O) groups is 1. The van der Waals surface area contributed by atoms with Crippen LogP contribution in [0.5, 0.6) is 17.2 Å². The molecule has 0 fully saturated rings. The van der Waals surface area contributed by atoms with Crippen LogP contribution >= 0.6 is 31.9 Å². The van der Waals surface area contributed by atoms with Crippen LogP contribution in [0.25, 0.3) is 44.1 Å². The molecular formula is C43H29Br2F3K2N2O5. The van der Waals surface area contributed by atoms with E-state index >= 15 is 0 Å². The Hall–Kier alpha value is -2.81. The SMILES string of the molecule is Fc1cccc(F)c1Br.Fc1cccc(Oc2ccc(-c3nccc4ccccc34)cc2)c1Br.O=CO[O-].Oc1ccc(-c2nccc3ccccc23)cc1.[H-].[K+].[K+]. The van der Waals surface area contributed by atoms with Gasteiger partial charge in [-0.2, -0.15) is 0 Å². The topological polar surface area (TPSA) is 105 Å². The van der Waals surface area contributed by atoms with Crippen LogP contribution in [0.4, 0.5) is 13.2 Å². The van der Waals surface area contributed by atoms with Crippen molar-refractivity contribution in [2.45, 2.75) is 0 Å². The Balaban J connectivity index is 0.000000305. The second-order valence-electron chi connectivity index (χ2n) is 11.2. The molecule has 0 aliphatic carbocycles. The predicted octanol–water partition coefficient (Wildman–Crippen LogP) is 5.49. The van der Waals surface area contributed by atoms with Gasteiger partial charge in [-0.25, -0.2) is 13.2 Å². The van der Waals surface area contributed by atoms with Crippen molar-refractivity contribution in [2.75, 3.05) is 0 Å². The van der Waals surface area contributed by atoms with Crippen molar-refractivity contribution in [1.82, 2.24) is 9.97 Å². The molecule has 2 aromatic heterocycles. The second kappa shape index (κ2) is 25.0. The van der Waals surface area contributed by atoms with Crippen LogP contribution < -0.4 is 113 Å². The fraction of sp³-hybridized carbons (Fsp3) is 0. The van der Waals surface area contributed by atoms with Crippen molar-refractivity contribution in [3.63, 3.8) is 0 Å². The van der Waals surface area contributed by atoms with Crippen LogP contribution in [0.3, 0.4) is 0 Å². The van der Waals surface area contributed by atoms with Gasteiger partial charge < -0.3 is 21.4 Å². The first-order valence-corrected chi connectivity index (χ1v) is 17.8. The molecule has 0 atom stereocenters. The molecule has 8 rings (SSSR count). The van der Waals surface area contributed by atoms with Gasteiger partial charge in [0.25, 0.3) is 6.47 Å². The minimum Gasteiger partial charge on any atom is -1.00 e. The molecular weight excluding hydrogens is 919 g/mol. The van der Waals surface area contributed by atoms with Crippen molar-refractivity contribution in [1.29, 1.82) is 0 Å². The summed E-state index contributed by atoms with van der Waals surface area (Å²) >= 11 is 5.94. The van der Waals surface area contributed by atoms with E-state index in [9.17, 15) is 18.3 Å². The van der Waals surface area contributed by atoms with Gasteiger partial charge in [-0.3, -0.25) is 14.8 Å². The van der Waals surface area contributed by atoms with Crippen molar-refractivity contribution in [3.8, 4) is 39.8 Å². The Morgan fingerprint density at radius 3 is 1.46 bits per heavy atom. The van der Waals surface area contributed by atoms with E-state index < -0.39 is 11.6 Å². The molecule has 2 heterocycles. The number of pyridine rings is 2. The van der Waals surface area contributed by atoms with Gasteiger partial charge in [0, 0.05) is 34.3 Å². The third-order valence-electron chi connectivity index (χ3n) is 7.70. The molecule has 8 aromatic rings. The van der Waals surface area contributed by atoms with E-state index in [0.29, 0.717) is 16.0 Å². The number of phenols is 1. The molecule has 0 saturated carbocycles. The van der Waals surface area contributed by atoms with Crippen LogP contribution in [0.2, 0.25) is 0 Å². The van der Waals surface area contributed by atoms with Gasteiger partial charge in [0.2, 0.25) is 0 Å². The molecule has 7 nitrogen and oxygen atoms in total. The van der Waals surface area contributed by atoms with Crippen molar-refractivity contribution in [3.05, 3.63) is 184 Å². The summed E-state index contributed by atoms with van der Waals surface area (Å²) in [5.74, 6) is -0.153. The maximum Gasteiger partial charge on any atom is 1.00 e. The molecule has 0 amide bonds. The summed E-state index contributed by atoms with van der Waals surface area (Å²) in [6.07, 6.45) is 3.62. The molecule has 0 radical (unpaired) electrons. The Bertz CT molecular complexity index is 2500. The van der Waals surface area contributed by atoms with Crippen LogP contribution in [0, 0.1) is 17.5 Å². The molecule has 0 aliphatic heterocycles. The van der Waals surface area contributed by atoms with Crippen LogP contribution in [-0.2, 0) is 9.68 Å². The predicted molar refractivity (Wildman–Crippen MR) is 213 cm³/mol. The van der Waals surface area contributed by atoms with E-state index in [-0.39, 0.29) is 127 Å². The maximum atomic E-state index is 13.6. The molecule has 6 aromatic carbocycles. The number of aromatic hydroxyl groups is 1. The Morgan fingerprint density at radius 2 is 1.00 bits per heavy atom. The minimum atomic E-state index is -0.574. The first kappa shape index (κ1) is 48.6. The first-order valence-electron chi connectivity index (χ1n) is 16.2. The summed E-state index contributed by atoms with van der Waals surface area (Å²) in [4.78, 5) is 20.2. The molecule has 0 bridgehead atoms. The largest absolute Gasteiger partial charge is 1.00 e. The quantitative estimate of drug-likeness (QED) is 0.0802. The number of carbonyl (C=O) groups excluding carboxylic acids is 1. The molecule has 14 heteroatoms. The van der Waals surface area contributed by atoms with E-state index in [0.717, 1.165) is 38.7 Å². The van der Waals surface area contributed by atoms with Crippen molar-refractivity contribution < 1.29 is 142 Å². The minimum absolute atomic E-state index is 0. The van der Waals surface area contributed by atoms with Gasteiger partial charge in [-0.1, -0.05) is 60.7 Å². The monoisotopic (exact) mass is 946 g/mol. The van der Waals surface area contributed by atoms with Gasteiger partial charge in [0.1, 0.15) is 34.7 Å². The average molecular weight is 949 g/mol. The number of phenolic OH excluding ortho intramolecular Hbond substituents is 1. The molecule has 1 N–H and O–H groups in total. The molecule has 0 spiro atoms. The number of halogens is 5. The number of hydrogen-bond acceptors (Lipinski definition) is 7. The van der Waals surface area contributed by atoms with Crippen LogP contribution in [0.15, 0.2) is 167 Å². The number of benzene rings is 6. The van der Waals surface area contributed by atoms with Crippen molar-refractivity contribution >= 4 is 59.9 Å². The molecule has 278 valence electrons. The fourth-order valence-corrected chi connectivity index (χ4v) is 5.78. The molecule has 0 aliphatic rings. The zero-order valence-corrected chi connectivity index (χ0v) is 39.9. The van der Waals surface area contributed by atoms with E-state index in [2.05, 4.69) is 71.0 Å². The number of hydrogen-bond donors (Lipinski definition) is 1. The van der Waals surface area contributed by atoms with Crippen LogP contribution in [-0.4, -0.2) is 21.5 Å².